The van der Waals surface area contributed by atoms with E-state index < -0.39 is 0 Å². The Morgan fingerprint density at radius 1 is 1.03 bits per heavy atom. The molecule has 6 nitrogen and oxygen atoms in total. The molecule has 2 N–H and O–H groups in total. The molecular formula is C27H34N4O2. The Kier molecular flexibility index (Phi) is 5.87. The summed E-state index contributed by atoms with van der Waals surface area (Å²) in [5.74, 6) is 0.00465. The third-order valence-electron chi connectivity index (χ3n) is 7.60. The van der Waals surface area contributed by atoms with Crippen LogP contribution in [0.5, 0.6) is 0 Å². The van der Waals surface area contributed by atoms with Crippen molar-refractivity contribution in [2.75, 3.05) is 31.5 Å². The fourth-order valence-electron chi connectivity index (χ4n) is 5.70. The van der Waals surface area contributed by atoms with Crippen LogP contribution in [0.25, 0.3) is 11.6 Å². The summed E-state index contributed by atoms with van der Waals surface area (Å²) in [6, 6.07) is 6.59. The van der Waals surface area contributed by atoms with Crippen LogP contribution in [0.4, 0.5) is 5.69 Å². The maximum atomic E-state index is 13.5. The van der Waals surface area contributed by atoms with Crippen molar-refractivity contribution >= 4 is 29.2 Å². The highest BCUT2D eigenvalue weighted by atomic mass is 16.2. The number of aromatic nitrogens is 1. The molecule has 0 saturated carbocycles. The molecule has 2 aromatic rings. The van der Waals surface area contributed by atoms with Crippen LogP contribution in [0.3, 0.4) is 0 Å². The van der Waals surface area contributed by atoms with Gasteiger partial charge in [-0.05, 0) is 83.3 Å². The highest BCUT2D eigenvalue weighted by molar-refractivity contribution is 6.35. The number of piperidine rings is 2. The number of likely N-dealkylation sites (tertiary alicyclic amines) is 2. The second kappa shape index (κ2) is 8.82. The van der Waals surface area contributed by atoms with Crippen molar-refractivity contribution in [1.29, 1.82) is 0 Å². The molecule has 0 unspecified atom stereocenters. The Morgan fingerprint density at radius 3 is 2.48 bits per heavy atom. The Hall–Kier alpha value is -2.86. The summed E-state index contributed by atoms with van der Waals surface area (Å²) in [4.78, 5) is 34.1. The van der Waals surface area contributed by atoms with E-state index in [1.807, 2.05) is 49.9 Å². The average molecular weight is 447 g/mol. The van der Waals surface area contributed by atoms with Crippen LogP contribution in [-0.4, -0.2) is 58.8 Å². The number of anilines is 1. The van der Waals surface area contributed by atoms with E-state index in [2.05, 4.69) is 15.2 Å². The molecule has 1 aromatic heterocycles. The first-order chi connectivity index (χ1) is 15.9. The Morgan fingerprint density at radius 2 is 1.76 bits per heavy atom. The van der Waals surface area contributed by atoms with Crippen molar-refractivity contribution in [3.8, 4) is 0 Å². The number of fused-ring (bicyclic) bond motifs is 1. The number of nitrogens with zero attached hydrogens (tertiary/aromatic N) is 2. The summed E-state index contributed by atoms with van der Waals surface area (Å²) in [7, 11) is 0. The first kappa shape index (κ1) is 22.0. The molecule has 3 aliphatic heterocycles. The van der Waals surface area contributed by atoms with Crippen LogP contribution < -0.4 is 5.32 Å². The fourth-order valence-corrected chi connectivity index (χ4v) is 5.70. The number of aryl methyl sites for hydroxylation is 2. The van der Waals surface area contributed by atoms with Crippen LogP contribution >= 0.6 is 0 Å². The Bertz CT molecular complexity index is 1120. The summed E-state index contributed by atoms with van der Waals surface area (Å²) in [6.07, 6.45) is 7.97. The van der Waals surface area contributed by atoms with Gasteiger partial charge < -0.3 is 20.1 Å². The standard InChI is InChI=1S/C27H34N4O2/c1-17-7-8-23-21(15-17)22(26(32)29-23)16-24-18(2)25(19(3)28-24)27(33)31-13-9-20(10-14-31)30-11-5-4-6-12-30/h7-8,15-16,20,28H,4-6,9-14H2,1-3H3,(H,29,32)/b22-16-. The van der Waals surface area contributed by atoms with Crippen LogP contribution in [-0.2, 0) is 4.79 Å². The van der Waals surface area contributed by atoms with Gasteiger partial charge in [0, 0.05) is 41.8 Å². The van der Waals surface area contributed by atoms with Gasteiger partial charge in [0.2, 0.25) is 0 Å². The minimum atomic E-state index is -0.102. The van der Waals surface area contributed by atoms with Crippen molar-refractivity contribution in [2.45, 2.75) is 58.9 Å². The largest absolute Gasteiger partial charge is 0.358 e. The molecule has 4 heterocycles. The van der Waals surface area contributed by atoms with Gasteiger partial charge in [0.25, 0.3) is 11.8 Å². The molecule has 2 fully saturated rings. The minimum absolute atomic E-state index is 0.102. The monoisotopic (exact) mass is 446 g/mol. The molecule has 2 saturated heterocycles. The number of nitrogens with one attached hydrogen (secondary N) is 2. The number of benzene rings is 1. The van der Waals surface area contributed by atoms with Crippen molar-refractivity contribution in [3.05, 3.63) is 51.8 Å². The van der Waals surface area contributed by atoms with E-state index in [0.717, 1.165) is 65.3 Å². The molecule has 33 heavy (non-hydrogen) atoms. The molecule has 1 aromatic carbocycles. The molecule has 5 rings (SSSR count). The summed E-state index contributed by atoms with van der Waals surface area (Å²) in [5, 5.41) is 2.94. The first-order valence-corrected chi connectivity index (χ1v) is 12.3. The Balaban J connectivity index is 1.35. The van der Waals surface area contributed by atoms with E-state index in [-0.39, 0.29) is 11.8 Å². The van der Waals surface area contributed by atoms with Gasteiger partial charge in [0.1, 0.15) is 0 Å². The number of carbonyl (C=O) groups is 2. The summed E-state index contributed by atoms with van der Waals surface area (Å²) < 4.78 is 0. The minimum Gasteiger partial charge on any atom is -0.358 e. The molecule has 174 valence electrons. The molecule has 2 amide bonds. The van der Waals surface area contributed by atoms with Crippen molar-refractivity contribution in [1.82, 2.24) is 14.8 Å². The summed E-state index contributed by atoms with van der Waals surface area (Å²) in [5.41, 5.74) is 6.87. The van der Waals surface area contributed by atoms with Crippen molar-refractivity contribution in [3.63, 3.8) is 0 Å². The third kappa shape index (κ3) is 4.12. The highest BCUT2D eigenvalue weighted by Gasteiger charge is 2.31. The van der Waals surface area contributed by atoms with Gasteiger partial charge in [-0.3, -0.25) is 9.59 Å². The van der Waals surface area contributed by atoms with E-state index in [4.69, 9.17) is 0 Å². The normalized spacial score (nSPS) is 20.9. The average Bonchev–Trinajstić information content (AvgIpc) is 3.28. The zero-order valence-electron chi connectivity index (χ0n) is 20.0. The zero-order valence-corrected chi connectivity index (χ0v) is 20.0. The number of amides is 2. The fraction of sp³-hybridized carbons (Fsp3) is 0.481. The van der Waals surface area contributed by atoms with E-state index in [9.17, 15) is 9.59 Å². The number of aromatic amines is 1. The smallest absolute Gasteiger partial charge is 0.256 e. The molecule has 0 spiro atoms. The van der Waals surface area contributed by atoms with Crippen molar-refractivity contribution < 1.29 is 9.59 Å². The van der Waals surface area contributed by atoms with Crippen molar-refractivity contribution in [2.24, 2.45) is 0 Å². The number of carbonyl (C=O) groups excluding carboxylic acids is 2. The third-order valence-corrected chi connectivity index (χ3v) is 7.60. The maximum absolute atomic E-state index is 13.5. The number of hydrogen-bond acceptors (Lipinski definition) is 3. The SMILES string of the molecule is Cc1ccc2c(c1)/C(=C/c1[nH]c(C)c(C(=O)N3CCC(N4CCCCC4)CC3)c1C)C(=O)N2. The lowest BCUT2D eigenvalue weighted by molar-refractivity contribution is -0.110. The number of hydrogen-bond donors (Lipinski definition) is 2. The van der Waals surface area contributed by atoms with Crippen LogP contribution in [0.1, 0.15) is 70.5 Å². The molecule has 0 atom stereocenters. The van der Waals surface area contributed by atoms with E-state index in [1.54, 1.807) is 0 Å². The lowest BCUT2D eigenvalue weighted by atomic mass is 9.98. The molecule has 3 aliphatic rings. The lowest BCUT2D eigenvalue weighted by Gasteiger charge is -2.40. The predicted molar refractivity (Wildman–Crippen MR) is 132 cm³/mol. The lowest BCUT2D eigenvalue weighted by Crippen LogP contribution is -2.48. The molecule has 0 bridgehead atoms. The van der Waals surface area contributed by atoms with Gasteiger partial charge in [-0.1, -0.05) is 18.1 Å². The second-order valence-corrected chi connectivity index (χ2v) is 9.84. The van der Waals surface area contributed by atoms with Gasteiger partial charge in [-0.2, -0.15) is 0 Å². The summed E-state index contributed by atoms with van der Waals surface area (Å²) >= 11 is 0. The van der Waals surface area contributed by atoms with Gasteiger partial charge >= 0.3 is 0 Å². The highest BCUT2D eigenvalue weighted by Crippen LogP contribution is 2.35. The first-order valence-electron chi connectivity index (χ1n) is 12.3. The Labute approximate surface area is 196 Å². The van der Waals surface area contributed by atoms with Gasteiger partial charge in [-0.25, -0.2) is 0 Å². The van der Waals surface area contributed by atoms with Gasteiger partial charge in [0.05, 0.1) is 11.1 Å². The molecule has 0 radical (unpaired) electrons. The van der Waals surface area contributed by atoms with E-state index in [0.29, 0.717) is 11.6 Å². The van der Waals surface area contributed by atoms with E-state index in [1.165, 1.54) is 32.4 Å². The van der Waals surface area contributed by atoms with Crippen LogP contribution in [0.2, 0.25) is 0 Å². The quantitative estimate of drug-likeness (QED) is 0.681. The van der Waals surface area contributed by atoms with Gasteiger partial charge in [0.15, 0.2) is 0 Å². The molecular weight excluding hydrogens is 412 g/mol. The zero-order chi connectivity index (χ0) is 23.1. The number of rotatable bonds is 3. The molecule has 6 heteroatoms. The number of H-pyrrole nitrogens is 1. The topological polar surface area (TPSA) is 68.4 Å². The maximum Gasteiger partial charge on any atom is 0.256 e. The van der Waals surface area contributed by atoms with Crippen LogP contribution in [0, 0.1) is 20.8 Å². The predicted octanol–water partition coefficient (Wildman–Crippen LogP) is 4.52. The second-order valence-electron chi connectivity index (χ2n) is 9.84. The molecule has 0 aliphatic carbocycles. The summed E-state index contributed by atoms with van der Waals surface area (Å²) in [6.45, 7) is 10.0. The van der Waals surface area contributed by atoms with Gasteiger partial charge in [-0.15, -0.1) is 0 Å². The van der Waals surface area contributed by atoms with Crippen LogP contribution in [0.15, 0.2) is 18.2 Å². The van der Waals surface area contributed by atoms with E-state index >= 15 is 0 Å².